The smallest absolute Gasteiger partial charge is 0.269 e. The molecule has 1 aromatic carbocycles. The average molecular weight is 177 g/mol. The Kier molecular flexibility index (Phi) is 1.45. The first-order valence-electron chi connectivity index (χ1n) is 3.65. The molecule has 0 aliphatic carbocycles. The number of nitrogens with zero attached hydrogens (tertiary/aromatic N) is 2. The summed E-state index contributed by atoms with van der Waals surface area (Å²) in [5, 5.41) is 20.6. The standard InChI is InChI=1S/C8H7N3O2/c9-5-1-2-6(12)7-8(5)11(13)4-3-10-7/h1-4,12H,9H2. The van der Waals surface area contributed by atoms with Crippen molar-refractivity contribution in [3.8, 4) is 5.75 Å². The molecule has 1 aromatic heterocycles. The molecule has 0 amide bonds. The molecule has 3 N–H and O–H groups in total. The largest absolute Gasteiger partial charge is 0.618 e. The number of rotatable bonds is 0. The van der Waals surface area contributed by atoms with Gasteiger partial charge in [0.1, 0.15) is 11.4 Å². The summed E-state index contributed by atoms with van der Waals surface area (Å²) in [6, 6.07) is 2.87. The maximum absolute atomic E-state index is 11.2. The van der Waals surface area contributed by atoms with Crippen molar-refractivity contribution in [1.82, 2.24) is 4.98 Å². The van der Waals surface area contributed by atoms with E-state index >= 15 is 0 Å². The fourth-order valence-electron chi connectivity index (χ4n) is 1.19. The van der Waals surface area contributed by atoms with Crippen LogP contribution in [0.15, 0.2) is 24.5 Å². The molecule has 0 bridgehead atoms. The van der Waals surface area contributed by atoms with E-state index in [9.17, 15) is 10.3 Å². The number of fused-ring (bicyclic) bond motifs is 1. The van der Waals surface area contributed by atoms with Crippen LogP contribution in [-0.2, 0) is 0 Å². The van der Waals surface area contributed by atoms with Crippen LogP contribution in [0.1, 0.15) is 0 Å². The van der Waals surface area contributed by atoms with Crippen LogP contribution in [0.2, 0.25) is 0 Å². The van der Waals surface area contributed by atoms with Gasteiger partial charge in [-0.25, -0.2) is 4.98 Å². The van der Waals surface area contributed by atoms with E-state index in [-0.39, 0.29) is 16.8 Å². The first-order valence-corrected chi connectivity index (χ1v) is 3.65. The Morgan fingerprint density at radius 3 is 2.92 bits per heavy atom. The Morgan fingerprint density at radius 2 is 2.23 bits per heavy atom. The molecule has 0 aliphatic heterocycles. The third-order valence-corrected chi connectivity index (χ3v) is 1.79. The number of nitrogens with two attached hydrogens (primary N) is 1. The molecule has 66 valence electrons. The molecule has 0 spiro atoms. The fraction of sp³-hybridized carbons (Fsp3) is 0. The second kappa shape index (κ2) is 2.48. The van der Waals surface area contributed by atoms with E-state index in [1.165, 1.54) is 24.5 Å². The summed E-state index contributed by atoms with van der Waals surface area (Å²) in [4.78, 5) is 3.85. The number of hydrogen-bond acceptors (Lipinski definition) is 4. The maximum atomic E-state index is 11.2. The van der Waals surface area contributed by atoms with Gasteiger partial charge < -0.3 is 16.0 Å². The minimum Gasteiger partial charge on any atom is -0.618 e. The lowest BCUT2D eigenvalue weighted by molar-refractivity contribution is -0.576. The van der Waals surface area contributed by atoms with Crippen molar-refractivity contribution in [2.45, 2.75) is 0 Å². The number of anilines is 1. The molecule has 0 aliphatic rings. The lowest BCUT2D eigenvalue weighted by Gasteiger charge is -2.03. The third-order valence-electron chi connectivity index (χ3n) is 1.79. The summed E-state index contributed by atoms with van der Waals surface area (Å²) in [6.07, 6.45) is 2.55. The van der Waals surface area contributed by atoms with Crippen molar-refractivity contribution in [3.05, 3.63) is 29.7 Å². The van der Waals surface area contributed by atoms with E-state index in [0.29, 0.717) is 10.4 Å². The molecule has 2 rings (SSSR count). The van der Waals surface area contributed by atoms with Crippen molar-refractivity contribution < 1.29 is 9.84 Å². The molecule has 2 aromatic rings. The zero-order chi connectivity index (χ0) is 9.42. The van der Waals surface area contributed by atoms with Gasteiger partial charge in [-0.3, -0.25) is 0 Å². The van der Waals surface area contributed by atoms with Gasteiger partial charge in [0.25, 0.3) is 5.52 Å². The Labute approximate surface area is 73.6 Å². The van der Waals surface area contributed by atoms with Gasteiger partial charge in [-0.1, -0.05) is 0 Å². The summed E-state index contributed by atoms with van der Waals surface area (Å²) in [5.41, 5.74) is 6.27. The van der Waals surface area contributed by atoms with Gasteiger partial charge in [-0.05, 0) is 12.1 Å². The number of aromatic nitrogens is 2. The van der Waals surface area contributed by atoms with Crippen LogP contribution in [0.5, 0.6) is 5.75 Å². The van der Waals surface area contributed by atoms with Crippen LogP contribution < -0.4 is 10.5 Å². The predicted octanol–water partition coefficient (Wildman–Crippen LogP) is 0.156. The number of aromatic hydroxyl groups is 1. The Morgan fingerprint density at radius 1 is 1.46 bits per heavy atom. The molecule has 1 heterocycles. The fourth-order valence-corrected chi connectivity index (χ4v) is 1.19. The molecule has 0 saturated heterocycles. The van der Waals surface area contributed by atoms with Gasteiger partial charge in [0.05, 0.1) is 6.20 Å². The second-order valence-corrected chi connectivity index (χ2v) is 2.62. The average Bonchev–Trinajstić information content (AvgIpc) is 2.12. The number of phenolic OH excluding ortho intramolecular Hbond substituents is 1. The molecule has 0 atom stereocenters. The molecule has 0 unspecified atom stereocenters. The lowest BCUT2D eigenvalue weighted by Crippen LogP contribution is -2.27. The van der Waals surface area contributed by atoms with Crippen molar-refractivity contribution in [2.24, 2.45) is 0 Å². The number of hydrogen-bond donors (Lipinski definition) is 2. The van der Waals surface area contributed by atoms with E-state index in [1.807, 2.05) is 0 Å². The highest BCUT2D eigenvalue weighted by Crippen LogP contribution is 2.23. The molecule has 0 saturated carbocycles. The van der Waals surface area contributed by atoms with Gasteiger partial charge in [0.15, 0.2) is 11.7 Å². The topological polar surface area (TPSA) is 86.1 Å². The van der Waals surface area contributed by atoms with Crippen LogP contribution in [-0.4, -0.2) is 10.1 Å². The summed E-state index contributed by atoms with van der Waals surface area (Å²) in [7, 11) is 0. The second-order valence-electron chi connectivity index (χ2n) is 2.62. The van der Waals surface area contributed by atoms with Gasteiger partial charge >= 0.3 is 0 Å². The lowest BCUT2D eigenvalue weighted by atomic mass is 10.2. The third kappa shape index (κ3) is 1.01. The quantitative estimate of drug-likeness (QED) is 0.259. The van der Waals surface area contributed by atoms with Gasteiger partial charge in [0, 0.05) is 0 Å². The van der Waals surface area contributed by atoms with E-state index < -0.39 is 0 Å². The summed E-state index contributed by atoms with van der Waals surface area (Å²) in [6.45, 7) is 0. The molecular weight excluding hydrogens is 170 g/mol. The molecule has 13 heavy (non-hydrogen) atoms. The SMILES string of the molecule is Nc1ccc(O)c2ncc[n+]([O-])c12. The monoisotopic (exact) mass is 177 g/mol. The van der Waals surface area contributed by atoms with Gasteiger partial charge in [0.2, 0.25) is 0 Å². The zero-order valence-electron chi connectivity index (χ0n) is 6.64. The number of benzene rings is 1. The van der Waals surface area contributed by atoms with Crippen molar-refractivity contribution in [3.63, 3.8) is 0 Å². The van der Waals surface area contributed by atoms with Gasteiger partial charge in [-0.15, -0.1) is 0 Å². The van der Waals surface area contributed by atoms with Crippen LogP contribution in [0.3, 0.4) is 0 Å². The van der Waals surface area contributed by atoms with Crippen molar-refractivity contribution in [2.75, 3.05) is 5.73 Å². The molecular formula is C8H7N3O2. The minimum atomic E-state index is -0.0469. The highest BCUT2D eigenvalue weighted by Gasteiger charge is 2.11. The molecule has 5 nitrogen and oxygen atoms in total. The molecule has 0 radical (unpaired) electrons. The Balaban J connectivity index is 3.00. The van der Waals surface area contributed by atoms with Gasteiger partial charge in [-0.2, -0.15) is 4.73 Å². The number of nitrogen functional groups attached to an aromatic ring is 1. The highest BCUT2D eigenvalue weighted by molar-refractivity contribution is 5.87. The normalized spacial score (nSPS) is 10.5. The number of phenols is 1. The first-order chi connectivity index (χ1) is 6.20. The van der Waals surface area contributed by atoms with E-state index in [4.69, 9.17) is 5.73 Å². The van der Waals surface area contributed by atoms with Crippen molar-refractivity contribution >= 4 is 16.7 Å². The Bertz CT molecular complexity index is 462. The highest BCUT2D eigenvalue weighted by atomic mass is 16.5. The summed E-state index contributed by atoms with van der Waals surface area (Å²) < 4.78 is 0.581. The van der Waals surface area contributed by atoms with Crippen LogP contribution in [0.4, 0.5) is 5.69 Å². The van der Waals surface area contributed by atoms with Crippen LogP contribution in [0.25, 0.3) is 11.0 Å². The van der Waals surface area contributed by atoms with E-state index in [0.717, 1.165) is 0 Å². The molecule has 5 heteroatoms. The minimum absolute atomic E-state index is 0.0469. The first kappa shape index (κ1) is 7.60. The van der Waals surface area contributed by atoms with Crippen LogP contribution in [0, 0.1) is 5.21 Å². The Hall–Kier alpha value is -2.04. The van der Waals surface area contributed by atoms with Crippen molar-refractivity contribution in [1.29, 1.82) is 0 Å². The molecule has 0 fully saturated rings. The zero-order valence-corrected chi connectivity index (χ0v) is 6.64. The maximum Gasteiger partial charge on any atom is 0.269 e. The summed E-state index contributed by atoms with van der Waals surface area (Å²) >= 11 is 0. The summed E-state index contributed by atoms with van der Waals surface area (Å²) in [5.74, 6) is -0.0469. The predicted molar refractivity (Wildman–Crippen MR) is 46.8 cm³/mol. The van der Waals surface area contributed by atoms with Crippen LogP contribution >= 0.6 is 0 Å². The van der Waals surface area contributed by atoms with E-state index in [1.54, 1.807) is 0 Å². The van der Waals surface area contributed by atoms with E-state index in [2.05, 4.69) is 4.98 Å².